The van der Waals surface area contributed by atoms with Crippen LogP contribution in [0, 0.1) is 0 Å². The van der Waals surface area contributed by atoms with Gasteiger partial charge in [-0.15, -0.1) is 0 Å². The summed E-state index contributed by atoms with van der Waals surface area (Å²) in [4.78, 5) is 0. The van der Waals surface area contributed by atoms with Gasteiger partial charge in [-0.05, 0) is 47.9 Å². The van der Waals surface area contributed by atoms with E-state index in [4.69, 9.17) is 0 Å². The minimum Gasteiger partial charge on any atom is -0.306 e. The lowest BCUT2D eigenvalue weighted by Crippen LogP contribution is -2.20. The topological polar surface area (TPSA) is 12.0 Å². The predicted octanol–water partition coefficient (Wildman–Crippen LogP) is 4.42. The van der Waals surface area contributed by atoms with Crippen LogP contribution in [-0.4, -0.2) is 0 Å². The van der Waals surface area contributed by atoms with Crippen molar-refractivity contribution in [3.8, 4) is 0 Å². The van der Waals surface area contributed by atoms with E-state index in [9.17, 15) is 0 Å². The molecule has 1 N–H and O–H groups in total. The molecular formula is C19H23N. The van der Waals surface area contributed by atoms with Crippen LogP contribution in [0.3, 0.4) is 0 Å². The van der Waals surface area contributed by atoms with Gasteiger partial charge in [0.15, 0.2) is 0 Å². The Bertz CT molecular complexity index is 559. The van der Waals surface area contributed by atoms with Crippen LogP contribution in [0.25, 0.3) is 0 Å². The molecule has 1 aliphatic carbocycles. The first-order valence-electron chi connectivity index (χ1n) is 7.76. The van der Waals surface area contributed by atoms with Crippen molar-refractivity contribution in [1.82, 2.24) is 5.32 Å². The second kappa shape index (κ2) is 6.23. The van der Waals surface area contributed by atoms with Crippen molar-refractivity contribution in [2.24, 2.45) is 0 Å². The first kappa shape index (κ1) is 13.4. The Hall–Kier alpha value is -1.60. The summed E-state index contributed by atoms with van der Waals surface area (Å²) in [7, 11) is 0. The first-order valence-corrected chi connectivity index (χ1v) is 7.76. The van der Waals surface area contributed by atoms with Crippen LogP contribution in [0.2, 0.25) is 0 Å². The van der Waals surface area contributed by atoms with Crippen LogP contribution in [0.5, 0.6) is 0 Å². The molecule has 0 aromatic heterocycles. The lowest BCUT2D eigenvalue weighted by Gasteiger charge is -2.18. The summed E-state index contributed by atoms with van der Waals surface area (Å²) in [5.74, 6) is 0. The normalized spacial score (nSPS) is 15.1. The number of fused-ring (bicyclic) bond motifs is 1. The Kier molecular flexibility index (Phi) is 4.17. The molecule has 0 fully saturated rings. The smallest absolute Gasteiger partial charge is 0.0320 e. The van der Waals surface area contributed by atoms with E-state index in [0.29, 0.717) is 6.04 Å². The van der Waals surface area contributed by atoms with E-state index in [1.807, 2.05) is 0 Å². The Balaban J connectivity index is 1.66. The van der Waals surface area contributed by atoms with E-state index in [-0.39, 0.29) is 0 Å². The minimum absolute atomic E-state index is 0.449. The molecule has 0 saturated carbocycles. The van der Waals surface area contributed by atoms with Crippen molar-refractivity contribution in [3.63, 3.8) is 0 Å². The van der Waals surface area contributed by atoms with Crippen molar-refractivity contribution in [1.29, 1.82) is 0 Å². The van der Waals surface area contributed by atoms with Gasteiger partial charge in [0, 0.05) is 12.6 Å². The maximum absolute atomic E-state index is 3.69. The van der Waals surface area contributed by atoms with E-state index < -0.39 is 0 Å². The number of aryl methyl sites for hydroxylation is 2. The predicted molar refractivity (Wildman–Crippen MR) is 84.8 cm³/mol. The number of hydrogen-bond acceptors (Lipinski definition) is 1. The minimum atomic E-state index is 0.449. The summed E-state index contributed by atoms with van der Waals surface area (Å²) in [5, 5.41) is 3.69. The lowest BCUT2D eigenvalue weighted by molar-refractivity contribution is 0.519. The molecule has 0 spiro atoms. The largest absolute Gasteiger partial charge is 0.306 e. The summed E-state index contributed by atoms with van der Waals surface area (Å²) < 4.78 is 0. The lowest BCUT2D eigenvalue weighted by atomic mass is 10.0. The third-order valence-corrected chi connectivity index (χ3v) is 4.33. The SMILES string of the molecule is CCC(NCc1ccc2c(c1)CCC2)c1ccccc1. The van der Waals surface area contributed by atoms with Gasteiger partial charge in [0.1, 0.15) is 0 Å². The van der Waals surface area contributed by atoms with Crippen molar-refractivity contribution < 1.29 is 0 Å². The maximum atomic E-state index is 3.69. The van der Waals surface area contributed by atoms with Crippen molar-refractivity contribution in [3.05, 3.63) is 70.8 Å². The van der Waals surface area contributed by atoms with Crippen molar-refractivity contribution in [2.75, 3.05) is 0 Å². The van der Waals surface area contributed by atoms with Gasteiger partial charge in [0.2, 0.25) is 0 Å². The van der Waals surface area contributed by atoms with E-state index in [1.54, 1.807) is 11.1 Å². The quantitative estimate of drug-likeness (QED) is 0.844. The van der Waals surface area contributed by atoms with Crippen LogP contribution in [0.1, 0.15) is 48.1 Å². The van der Waals surface area contributed by atoms with Gasteiger partial charge >= 0.3 is 0 Å². The molecule has 0 amide bonds. The highest BCUT2D eigenvalue weighted by atomic mass is 14.9. The molecule has 0 bridgehead atoms. The van der Waals surface area contributed by atoms with E-state index in [1.165, 1.54) is 30.4 Å². The van der Waals surface area contributed by atoms with Crippen LogP contribution < -0.4 is 5.32 Å². The molecule has 104 valence electrons. The molecule has 0 radical (unpaired) electrons. The summed E-state index contributed by atoms with van der Waals surface area (Å²) in [6.45, 7) is 3.20. The molecule has 3 rings (SSSR count). The molecule has 2 aromatic carbocycles. The first-order chi connectivity index (χ1) is 9.86. The average Bonchev–Trinajstić information content (AvgIpc) is 2.96. The second-order valence-electron chi connectivity index (χ2n) is 5.71. The summed E-state index contributed by atoms with van der Waals surface area (Å²) in [6, 6.07) is 18.2. The molecule has 2 aromatic rings. The zero-order valence-electron chi connectivity index (χ0n) is 12.2. The monoisotopic (exact) mass is 265 g/mol. The van der Waals surface area contributed by atoms with E-state index in [2.05, 4.69) is 60.8 Å². The van der Waals surface area contributed by atoms with Gasteiger partial charge in [-0.25, -0.2) is 0 Å². The highest BCUT2D eigenvalue weighted by Gasteiger charge is 2.12. The molecule has 20 heavy (non-hydrogen) atoms. The Labute approximate surface area is 122 Å². The molecule has 0 heterocycles. The Morgan fingerprint density at radius 2 is 1.80 bits per heavy atom. The van der Waals surface area contributed by atoms with Crippen LogP contribution in [0.15, 0.2) is 48.5 Å². The molecule has 0 aliphatic heterocycles. The number of rotatable bonds is 5. The third-order valence-electron chi connectivity index (χ3n) is 4.33. The molecule has 1 atom stereocenters. The molecular weight excluding hydrogens is 242 g/mol. The van der Waals surface area contributed by atoms with Gasteiger partial charge in [0.25, 0.3) is 0 Å². The second-order valence-corrected chi connectivity index (χ2v) is 5.71. The Morgan fingerprint density at radius 1 is 1.00 bits per heavy atom. The van der Waals surface area contributed by atoms with Gasteiger partial charge in [-0.2, -0.15) is 0 Å². The summed E-state index contributed by atoms with van der Waals surface area (Å²) in [6.07, 6.45) is 4.98. The van der Waals surface area contributed by atoms with E-state index in [0.717, 1.165) is 13.0 Å². The van der Waals surface area contributed by atoms with Crippen molar-refractivity contribution >= 4 is 0 Å². The van der Waals surface area contributed by atoms with Gasteiger partial charge in [-0.1, -0.05) is 55.5 Å². The fourth-order valence-electron chi connectivity index (χ4n) is 3.16. The Morgan fingerprint density at radius 3 is 2.60 bits per heavy atom. The fourth-order valence-corrected chi connectivity index (χ4v) is 3.16. The van der Waals surface area contributed by atoms with Crippen LogP contribution in [0.4, 0.5) is 0 Å². The number of nitrogens with one attached hydrogen (secondary N) is 1. The highest BCUT2D eigenvalue weighted by Crippen LogP contribution is 2.23. The van der Waals surface area contributed by atoms with E-state index >= 15 is 0 Å². The standard InChI is InChI=1S/C19H23N/c1-2-19(17-7-4-3-5-8-17)20-14-15-11-12-16-9-6-10-18(16)13-15/h3-5,7-8,11-13,19-20H,2,6,9-10,14H2,1H3. The molecule has 1 heteroatoms. The zero-order chi connectivity index (χ0) is 13.8. The van der Waals surface area contributed by atoms with Gasteiger partial charge < -0.3 is 5.32 Å². The van der Waals surface area contributed by atoms with Crippen LogP contribution >= 0.6 is 0 Å². The van der Waals surface area contributed by atoms with Gasteiger partial charge in [0.05, 0.1) is 0 Å². The maximum Gasteiger partial charge on any atom is 0.0320 e. The molecule has 1 nitrogen and oxygen atoms in total. The molecule has 1 aliphatic rings. The summed E-state index contributed by atoms with van der Waals surface area (Å²) in [5.41, 5.74) is 5.93. The third kappa shape index (κ3) is 2.94. The average molecular weight is 265 g/mol. The summed E-state index contributed by atoms with van der Waals surface area (Å²) >= 11 is 0. The molecule has 0 saturated heterocycles. The van der Waals surface area contributed by atoms with Gasteiger partial charge in [-0.3, -0.25) is 0 Å². The number of benzene rings is 2. The van der Waals surface area contributed by atoms with Crippen LogP contribution in [-0.2, 0) is 19.4 Å². The van der Waals surface area contributed by atoms with Crippen molar-refractivity contribution in [2.45, 2.75) is 45.2 Å². The molecule has 1 unspecified atom stereocenters. The number of hydrogen-bond donors (Lipinski definition) is 1. The fraction of sp³-hybridized carbons (Fsp3) is 0.368. The zero-order valence-corrected chi connectivity index (χ0v) is 12.2. The highest BCUT2D eigenvalue weighted by molar-refractivity contribution is 5.35.